The van der Waals surface area contributed by atoms with E-state index >= 15 is 0 Å². The van der Waals surface area contributed by atoms with Gasteiger partial charge in [0.25, 0.3) is 5.56 Å². The maximum atomic E-state index is 14.0. The Morgan fingerprint density at radius 3 is 2.47 bits per heavy atom. The van der Waals surface area contributed by atoms with Crippen molar-refractivity contribution in [1.29, 1.82) is 0 Å². The second-order valence-corrected chi connectivity index (χ2v) is 7.02. The fourth-order valence-electron chi connectivity index (χ4n) is 4.03. The number of amides is 1. The molecule has 2 aliphatic rings. The number of aromatic nitrogens is 3. The van der Waals surface area contributed by atoms with E-state index in [4.69, 9.17) is 0 Å². The van der Waals surface area contributed by atoms with Crippen molar-refractivity contribution >= 4 is 17.6 Å². The topological polar surface area (TPSA) is 105 Å². The average molecular weight is 410 g/mol. The van der Waals surface area contributed by atoms with E-state index in [9.17, 15) is 28.3 Å². The van der Waals surface area contributed by atoms with E-state index in [0.717, 1.165) is 33.8 Å². The zero-order valence-corrected chi connectivity index (χ0v) is 15.2. The molecule has 1 atom stereocenters. The van der Waals surface area contributed by atoms with Crippen molar-refractivity contribution in [2.45, 2.75) is 18.5 Å². The van der Waals surface area contributed by atoms with Crippen molar-refractivity contribution in [3.05, 3.63) is 64.5 Å². The molecule has 2 aromatic carbocycles. The minimum absolute atomic E-state index is 0.0809. The number of carbonyl (C=O) groups excluding carboxylic acids is 1. The van der Waals surface area contributed by atoms with E-state index < -0.39 is 34.7 Å². The summed E-state index contributed by atoms with van der Waals surface area (Å²) in [4.78, 5) is 42.8. The Balaban J connectivity index is 1.88. The largest absolute Gasteiger partial charge is 0.478 e. The third-order valence-corrected chi connectivity index (χ3v) is 5.37. The molecule has 0 saturated carbocycles. The van der Waals surface area contributed by atoms with E-state index in [1.54, 1.807) is 0 Å². The molecule has 1 saturated heterocycles. The van der Waals surface area contributed by atoms with Gasteiger partial charge in [-0.1, -0.05) is 0 Å². The molecule has 10 heteroatoms. The summed E-state index contributed by atoms with van der Waals surface area (Å²) in [5, 5.41) is 14.4. The lowest BCUT2D eigenvalue weighted by Gasteiger charge is -2.41. The van der Waals surface area contributed by atoms with E-state index in [2.05, 4.69) is 10.1 Å². The van der Waals surface area contributed by atoms with Crippen LogP contribution in [0.4, 0.5) is 14.5 Å². The van der Waals surface area contributed by atoms with Gasteiger partial charge < -0.3 is 5.11 Å². The first-order valence-electron chi connectivity index (χ1n) is 8.97. The highest BCUT2D eigenvalue weighted by atomic mass is 19.1. The van der Waals surface area contributed by atoms with E-state index in [1.807, 2.05) is 0 Å². The zero-order valence-electron chi connectivity index (χ0n) is 15.2. The molecule has 150 valence electrons. The number of nitrogens with zero attached hydrogens (tertiary/aromatic N) is 4. The Morgan fingerprint density at radius 2 is 1.77 bits per heavy atom. The molecule has 0 aliphatic carbocycles. The van der Waals surface area contributed by atoms with Crippen molar-refractivity contribution in [2.75, 3.05) is 4.90 Å². The molecule has 0 spiro atoms. The van der Waals surface area contributed by atoms with Crippen molar-refractivity contribution in [3.63, 3.8) is 0 Å². The van der Waals surface area contributed by atoms with Gasteiger partial charge in [0.05, 0.1) is 5.69 Å². The maximum absolute atomic E-state index is 14.0. The van der Waals surface area contributed by atoms with Crippen LogP contribution in [-0.4, -0.2) is 31.7 Å². The van der Waals surface area contributed by atoms with Crippen LogP contribution < -0.4 is 10.5 Å². The molecular formula is C20H12F2N4O4. The summed E-state index contributed by atoms with van der Waals surface area (Å²) < 4.78 is 28.3. The molecule has 0 bridgehead atoms. The first-order chi connectivity index (χ1) is 14.3. The normalized spacial score (nSPS) is 19.3. The van der Waals surface area contributed by atoms with E-state index in [0.29, 0.717) is 0 Å². The van der Waals surface area contributed by atoms with Gasteiger partial charge in [0, 0.05) is 24.0 Å². The third kappa shape index (κ3) is 2.27. The van der Waals surface area contributed by atoms with Crippen LogP contribution in [0.5, 0.6) is 0 Å². The smallest absolute Gasteiger partial charge is 0.353 e. The van der Waals surface area contributed by atoms with Crippen molar-refractivity contribution in [3.8, 4) is 22.6 Å². The molecule has 1 fully saturated rings. The predicted octanol–water partition coefficient (Wildman–Crippen LogP) is 2.13. The predicted molar refractivity (Wildman–Crippen MR) is 99.4 cm³/mol. The number of anilines is 1. The monoisotopic (exact) mass is 410 g/mol. The number of benzene rings is 2. The number of halogens is 2. The number of carbonyl (C=O) groups is 2. The average Bonchev–Trinajstić information content (AvgIpc) is 3.07. The fourth-order valence-corrected chi connectivity index (χ4v) is 4.03. The third-order valence-electron chi connectivity index (χ3n) is 5.37. The molecule has 1 unspecified atom stereocenters. The summed E-state index contributed by atoms with van der Waals surface area (Å²) in [7, 11) is 0. The van der Waals surface area contributed by atoms with Gasteiger partial charge in [-0.3, -0.25) is 14.5 Å². The maximum Gasteiger partial charge on any atom is 0.353 e. The van der Waals surface area contributed by atoms with Gasteiger partial charge in [0.2, 0.25) is 11.6 Å². The highest BCUT2D eigenvalue weighted by Gasteiger charge is 2.58. The Kier molecular flexibility index (Phi) is 3.63. The van der Waals surface area contributed by atoms with Crippen molar-refractivity contribution < 1.29 is 23.5 Å². The second-order valence-electron chi connectivity index (χ2n) is 7.02. The molecule has 1 N–H and O–H groups in total. The number of hydrogen-bond acceptors (Lipinski definition) is 5. The molecule has 0 radical (unpaired) electrons. The number of rotatable bonds is 2. The number of hydrogen-bond donors (Lipinski definition) is 1. The standard InChI is InChI=1S/C20H12F2N4O4/c21-11-3-1-10(2-4-11)16-18(28)23-17-13-9-12(22)5-6-14(13)25-15(27)7-8-20(25,19(29)30)26(17)24-16/h1-6,9H,7-8H2,(H,29,30). The number of carboxylic acid groups (broad SMARTS) is 1. The summed E-state index contributed by atoms with van der Waals surface area (Å²) >= 11 is 0. The van der Waals surface area contributed by atoms with Gasteiger partial charge in [0.15, 0.2) is 11.5 Å². The second kappa shape index (κ2) is 6.02. The molecule has 5 rings (SSSR count). The van der Waals surface area contributed by atoms with Crippen molar-refractivity contribution in [2.24, 2.45) is 0 Å². The summed E-state index contributed by atoms with van der Waals surface area (Å²) in [5.41, 5.74) is -2.50. The molecule has 3 aromatic rings. The van der Waals surface area contributed by atoms with Crippen LogP contribution in [-0.2, 0) is 15.3 Å². The Labute approximate surface area is 167 Å². The van der Waals surface area contributed by atoms with Crippen LogP contribution in [0, 0.1) is 11.6 Å². The van der Waals surface area contributed by atoms with Gasteiger partial charge in [0.1, 0.15) is 11.6 Å². The zero-order chi connectivity index (χ0) is 21.2. The van der Waals surface area contributed by atoms with Gasteiger partial charge in [-0.15, -0.1) is 0 Å². The van der Waals surface area contributed by atoms with Crippen molar-refractivity contribution in [1.82, 2.24) is 14.8 Å². The van der Waals surface area contributed by atoms with Gasteiger partial charge in [-0.05, 0) is 42.5 Å². The molecule has 1 amide bonds. The first-order valence-corrected chi connectivity index (χ1v) is 8.97. The molecule has 8 nitrogen and oxygen atoms in total. The van der Waals surface area contributed by atoms with Gasteiger partial charge in [-0.2, -0.15) is 10.1 Å². The Bertz CT molecular complexity index is 1310. The summed E-state index contributed by atoms with van der Waals surface area (Å²) in [6.45, 7) is 0. The van der Waals surface area contributed by atoms with Crippen LogP contribution in [0.3, 0.4) is 0 Å². The minimum Gasteiger partial charge on any atom is -0.478 e. The van der Waals surface area contributed by atoms with Gasteiger partial charge in [-0.25, -0.2) is 18.3 Å². The molecule has 2 aliphatic heterocycles. The SMILES string of the molecule is O=C1CCC2(C(=O)O)N1c1ccc(F)cc1-c1nc(=O)c(-c3ccc(F)cc3)nn12. The highest BCUT2D eigenvalue weighted by molar-refractivity contribution is 6.07. The number of fused-ring (bicyclic) bond motifs is 6. The minimum atomic E-state index is -1.95. The lowest BCUT2D eigenvalue weighted by molar-refractivity contribution is -0.148. The lowest BCUT2D eigenvalue weighted by Crippen LogP contribution is -2.58. The molecular weight excluding hydrogens is 398 g/mol. The fraction of sp³-hybridized carbons (Fsp3) is 0.150. The van der Waals surface area contributed by atoms with Crippen LogP contribution in [0.2, 0.25) is 0 Å². The van der Waals surface area contributed by atoms with Crippen LogP contribution in [0.25, 0.3) is 22.6 Å². The Hall–Kier alpha value is -3.95. The number of aliphatic carboxylic acids is 1. The Morgan fingerprint density at radius 1 is 1.07 bits per heavy atom. The van der Waals surface area contributed by atoms with Crippen LogP contribution >= 0.6 is 0 Å². The summed E-state index contributed by atoms with van der Waals surface area (Å²) in [6.07, 6.45) is -0.201. The molecule has 3 heterocycles. The molecule has 30 heavy (non-hydrogen) atoms. The first kappa shape index (κ1) is 18.1. The number of carboxylic acids is 1. The van der Waals surface area contributed by atoms with E-state index in [-0.39, 0.29) is 41.2 Å². The van der Waals surface area contributed by atoms with Crippen LogP contribution in [0.15, 0.2) is 47.3 Å². The summed E-state index contributed by atoms with van der Waals surface area (Å²) in [5.74, 6) is -3.17. The van der Waals surface area contributed by atoms with Crippen LogP contribution in [0.1, 0.15) is 12.8 Å². The van der Waals surface area contributed by atoms with Gasteiger partial charge >= 0.3 is 5.97 Å². The van der Waals surface area contributed by atoms with E-state index in [1.165, 1.54) is 18.2 Å². The summed E-state index contributed by atoms with van der Waals surface area (Å²) in [6, 6.07) is 8.35. The quantitative estimate of drug-likeness (QED) is 0.694. The highest BCUT2D eigenvalue weighted by Crippen LogP contribution is 2.48. The lowest BCUT2D eigenvalue weighted by atomic mass is 10.00. The molecule has 1 aromatic heterocycles.